The van der Waals surface area contributed by atoms with Gasteiger partial charge in [-0.1, -0.05) is 6.07 Å². The minimum absolute atomic E-state index is 0.133. The second kappa shape index (κ2) is 7.83. The molecule has 25 heavy (non-hydrogen) atoms. The van der Waals surface area contributed by atoms with Crippen LogP contribution < -0.4 is 10.2 Å². The summed E-state index contributed by atoms with van der Waals surface area (Å²) in [6.45, 7) is 5.54. The van der Waals surface area contributed by atoms with Crippen molar-refractivity contribution in [1.29, 1.82) is 0 Å². The van der Waals surface area contributed by atoms with Crippen LogP contribution in [0.25, 0.3) is 10.9 Å². The molecule has 1 aliphatic heterocycles. The number of hydrogen-bond acceptors (Lipinski definition) is 4. The Balaban J connectivity index is 1.63. The van der Waals surface area contributed by atoms with Crippen LogP contribution in [0.1, 0.15) is 18.4 Å². The molecule has 5 nitrogen and oxygen atoms in total. The Morgan fingerprint density at radius 3 is 2.76 bits per heavy atom. The van der Waals surface area contributed by atoms with E-state index in [2.05, 4.69) is 45.2 Å². The number of carbonyl (C=O) groups is 1. The maximum Gasteiger partial charge on any atom is 0.223 e. The zero-order valence-electron chi connectivity index (χ0n) is 15.5. The summed E-state index contributed by atoms with van der Waals surface area (Å²) in [6.07, 6.45) is 3.66. The van der Waals surface area contributed by atoms with Crippen molar-refractivity contribution in [2.45, 2.75) is 19.8 Å². The molecule has 0 spiro atoms. The lowest BCUT2D eigenvalue weighted by molar-refractivity contribution is -0.125. The Morgan fingerprint density at radius 2 is 2.04 bits per heavy atom. The highest BCUT2D eigenvalue weighted by molar-refractivity contribution is 5.93. The zero-order chi connectivity index (χ0) is 17.8. The molecule has 0 saturated carbocycles. The normalized spacial score (nSPS) is 15.8. The highest BCUT2D eigenvalue weighted by atomic mass is 16.1. The average Bonchev–Trinajstić information content (AvgIpc) is 2.62. The van der Waals surface area contributed by atoms with Gasteiger partial charge in [-0.25, -0.2) is 0 Å². The number of aromatic nitrogens is 1. The molecule has 1 fully saturated rings. The molecule has 2 aromatic rings. The largest absolute Gasteiger partial charge is 0.371 e. The zero-order valence-corrected chi connectivity index (χ0v) is 15.5. The van der Waals surface area contributed by atoms with Gasteiger partial charge in [0, 0.05) is 49.4 Å². The van der Waals surface area contributed by atoms with Crippen LogP contribution in [-0.4, -0.2) is 56.1 Å². The van der Waals surface area contributed by atoms with Crippen LogP contribution in [-0.2, 0) is 4.79 Å². The molecule has 2 heterocycles. The first kappa shape index (κ1) is 17.7. The van der Waals surface area contributed by atoms with Crippen molar-refractivity contribution >= 4 is 22.5 Å². The number of fused-ring (bicyclic) bond motifs is 1. The first-order valence-corrected chi connectivity index (χ1v) is 9.08. The second-order valence-electron chi connectivity index (χ2n) is 7.16. The van der Waals surface area contributed by atoms with E-state index in [9.17, 15) is 4.79 Å². The van der Waals surface area contributed by atoms with E-state index in [4.69, 9.17) is 0 Å². The fourth-order valence-electron chi connectivity index (χ4n) is 3.50. The summed E-state index contributed by atoms with van der Waals surface area (Å²) in [6, 6.07) is 8.47. The molecule has 0 unspecified atom stereocenters. The number of hydrogen-bond donors (Lipinski definition) is 1. The number of likely N-dealkylation sites (N-methyl/N-ethyl adjacent to an activating group) is 1. The summed E-state index contributed by atoms with van der Waals surface area (Å²) in [5, 5.41) is 4.27. The fraction of sp³-hybridized carbons (Fsp3) is 0.500. The summed E-state index contributed by atoms with van der Waals surface area (Å²) >= 11 is 0. The first-order chi connectivity index (χ1) is 12.1. The van der Waals surface area contributed by atoms with Crippen LogP contribution >= 0.6 is 0 Å². The predicted molar refractivity (Wildman–Crippen MR) is 103 cm³/mol. The lowest BCUT2D eigenvalue weighted by atomic mass is 9.95. The fourth-order valence-corrected chi connectivity index (χ4v) is 3.50. The molecule has 3 rings (SSSR count). The van der Waals surface area contributed by atoms with Crippen LogP contribution in [0.5, 0.6) is 0 Å². The second-order valence-corrected chi connectivity index (χ2v) is 7.16. The van der Waals surface area contributed by atoms with Crippen molar-refractivity contribution in [3.8, 4) is 0 Å². The Morgan fingerprint density at radius 1 is 1.28 bits per heavy atom. The summed E-state index contributed by atoms with van der Waals surface area (Å²) in [4.78, 5) is 21.3. The third-order valence-electron chi connectivity index (χ3n) is 5.01. The molecule has 1 aromatic carbocycles. The minimum Gasteiger partial charge on any atom is -0.371 e. The van der Waals surface area contributed by atoms with Gasteiger partial charge in [0.25, 0.3) is 0 Å². The van der Waals surface area contributed by atoms with Crippen molar-refractivity contribution < 1.29 is 4.79 Å². The van der Waals surface area contributed by atoms with Gasteiger partial charge in [0.05, 0.1) is 5.52 Å². The van der Waals surface area contributed by atoms with Gasteiger partial charge in [0.1, 0.15) is 0 Å². The Labute approximate surface area is 150 Å². The van der Waals surface area contributed by atoms with E-state index in [0.717, 1.165) is 44.5 Å². The molecular weight excluding hydrogens is 312 g/mol. The monoisotopic (exact) mass is 340 g/mol. The van der Waals surface area contributed by atoms with E-state index < -0.39 is 0 Å². The predicted octanol–water partition coefficient (Wildman–Crippen LogP) is 2.44. The summed E-state index contributed by atoms with van der Waals surface area (Å²) in [7, 11) is 4.04. The van der Waals surface area contributed by atoms with Crippen molar-refractivity contribution in [3.63, 3.8) is 0 Å². The number of piperidine rings is 1. The SMILES string of the molecule is Cc1ccc(N2CCC(C(=O)NCCN(C)C)CC2)c2cccnc12. The Kier molecular flexibility index (Phi) is 5.53. The molecule has 0 radical (unpaired) electrons. The van der Waals surface area contributed by atoms with Crippen molar-refractivity contribution in [3.05, 3.63) is 36.0 Å². The Hall–Kier alpha value is -2.14. The maximum atomic E-state index is 12.3. The van der Waals surface area contributed by atoms with Crippen molar-refractivity contribution in [2.75, 3.05) is 45.2 Å². The van der Waals surface area contributed by atoms with Gasteiger partial charge in [-0.05, 0) is 57.6 Å². The van der Waals surface area contributed by atoms with Crippen molar-refractivity contribution in [2.24, 2.45) is 5.92 Å². The Bertz CT molecular complexity index is 736. The lowest BCUT2D eigenvalue weighted by Gasteiger charge is -2.33. The standard InChI is InChI=1S/C20H28N4O/c1-15-6-7-18(17-5-4-10-21-19(15)17)24-12-8-16(9-13-24)20(25)22-11-14-23(2)3/h4-7,10,16H,8-9,11-14H2,1-3H3,(H,22,25). The van der Waals surface area contributed by atoms with Crippen LogP contribution in [0.2, 0.25) is 0 Å². The number of rotatable bonds is 5. The van der Waals surface area contributed by atoms with Gasteiger partial charge in [-0.3, -0.25) is 9.78 Å². The van der Waals surface area contributed by atoms with E-state index in [1.807, 2.05) is 26.4 Å². The number of aryl methyl sites for hydroxylation is 1. The summed E-state index contributed by atoms with van der Waals surface area (Å²) in [5.41, 5.74) is 3.51. The average molecular weight is 340 g/mol. The van der Waals surface area contributed by atoms with Gasteiger partial charge in [-0.2, -0.15) is 0 Å². The third-order valence-corrected chi connectivity index (χ3v) is 5.01. The van der Waals surface area contributed by atoms with Gasteiger partial charge < -0.3 is 15.1 Å². The molecule has 1 aromatic heterocycles. The van der Waals surface area contributed by atoms with E-state index in [1.54, 1.807) is 0 Å². The molecule has 1 aliphatic rings. The molecule has 1 saturated heterocycles. The summed E-state index contributed by atoms with van der Waals surface area (Å²) in [5.74, 6) is 0.338. The van der Waals surface area contributed by atoms with Crippen LogP contribution in [0.4, 0.5) is 5.69 Å². The lowest BCUT2D eigenvalue weighted by Crippen LogP contribution is -2.42. The van der Waals surface area contributed by atoms with Crippen molar-refractivity contribution in [1.82, 2.24) is 15.2 Å². The topological polar surface area (TPSA) is 48.5 Å². The van der Waals surface area contributed by atoms with Gasteiger partial charge in [-0.15, -0.1) is 0 Å². The van der Waals surface area contributed by atoms with E-state index >= 15 is 0 Å². The van der Waals surface area contributed by atoms with Gasteiger partial charge >= 0.3 is 0 Å². The minimum atomic E-state index is 0.133. The number of nitrogens with one attached hydrogen (secondary N) is 1. The molecule has 0 bridgehead atoms. The first-order valence-electron chi connectivity index (χ1n) is 9.08. The highest BCUT2D eigenvalue weighted by Crippen LogP contribution is 2.31. The smallest absolute Gasteiger partial charge is 0.223 e. The van der Waals surface area contributed by atoms with E-state index in [0.29, 0.717) is 0 Å². The van der Waals surface area contributed by atoms with Crippen LogP contribution in [0, 0.1) is 12.8 Å². The highest BCUT2D eigenvalue weighted by Gasteiger charge is 2.25. The van der Waals surface area contributed by atoms with Gasteiger partial charge in [0.2, 0.25) is 5.91 Å². The van der Waals surface area contributed by atoms with Crippen LogP contribution in [0.15, 0.2) is 30.5 Å². The molecule has 1 amide bonds. The summed E-state index contributed by atoms with van der Waals surface area (Å²) < 4.78 is 0. The number of anilines is 1. The number of pyridine rings is 1. The number of benzene rings is 1. The molecule has 0 aliphatic carbocycles. The maximum absolute atomic E-state index is 12.3. The number of amides is 1. The quantitative estimate of drug-likeness (QED) is 0.908. The molecule has 1 N–H and O–H groups in total. The molecule has 5 heteroatoms. The van der Waals surface area contributed by atoms with E-state index in [1.165, 1.54) is 16.6 Å². The van der Waals surface area contributed by atoms with E-state index in [-0.39, 0.29) is 11.8 Å². The number of nitrogens with zero attached hydrogens (tertiary/aromatic N) is 3. The molecular formula is C20H28N4O. The third kappa shape index (κ3) is 4.10. The number of carbonyl (C=O) groups excluding carboxylic acids is 1. The molecule has 0 atom stereocenters. The van der Waals surface area contributed by atoms with Gasteiger partial charge in [0.15, 0.2) is 0 Å². The van der Waals surface area contributed by atoms with Crippen LogP contribution in [0.3, 0.4) is 0 Å². The molecule has 134 valence electrons.